The third-order valence-electron chi connectivity index (χ3n) is 3.44. The fourth-order valence-electron chi connectivity index (χ4n) is 2.41. The Hall–Kier alpha value is -2.87. The molecule has 1 N–H and O–H groups in total. The van der Waals surface area contributed by atoms with E-state index in [1.165, 1.54) is 18.2 Å². The summed E-state index contributed by atoms with van der Waals surface area (Å²) in [5.74, 6) is 0.412. The Morgan fingerprint density at radius 3 is 2.70 bits per heavy atom. The van der Waals surface area contributed by atoms with E-state index in [2.05, 4.69) is 21.6 Å². The van der Waals surface area contributed by atoms with Crippen LogP contribution in [0.5, 0.6) is 5.75 Å². The third kappa shape index (κ3) is 5.82. The van der Waals surface area contributed by atoms with E-state index < -0.39 is 5.82 Å². The lowest BCUT2D eigenvalue weighted by Gasteiger charge is -2.05. The van der Waals surface area contributed by atoms with Crippen LogP contribution in [0.1, 0.15) is 17.0 Å². The molecular weight excluding hydrogens is 369 g/mol. The molecule has 27 heavy (non-hydrogen) atoms. The summed E-state index contributed by atoms with van der Waals surface area (Å²) in [6.45, 7) is 4.14. The SMILES string of the molecule is Cc1cc(C)cc(OCc2nnc(SCC(=O)Nc3cccc(F)c3)o2)c1. The second-order valence-electron chi connectivity index (χ2n) is 5.92. The van der Waals surface area contributed by atoms with Crippen LogP contribution in [-0.4, -0.2) is 21.9 Å². The number of amides is 1. The molecule has 1 heterocycles. The van der Waals surface area contributed by atoms with Crippen molar-refractivity contribution in [1.82, 2.24) is 10.2 Å². The van der Waals surface area contributed by atoms with Gasteiger partial charge in [-0.25, -0.2) is 4.39 Å². The molecule has 0 unspecified atom stereocenters. The number of aromatic nitrogens is 2. The molecule has 0 aliphatic carbocycles. The predicted molar refractivity (Wildman–Crippen MR) is 100 cm³/mol. The predicted octanol–water partition coefficient (Wildman–Crippen LogP) is 4.14. The van der Waals surface area contributed by atoms with E-state index >= 15 is 0 Å². The lowest BCUT2D eigenvalue weighted by molar-refractivity contribution is -0.113. The first kappa shape index (κ1) is 18.9. The molecule has 0 saturated heterocycles. The fraction of sp³-hybridized carbons (Fsp3) is 0.211. The van der Waals surface area contributed by atoms with Gasteiger partial charge in [0.2, 0.25) is 5.91 Å². The van der Waals surface area contributed by atoms with Gasteiger partial charge in [0.15, 0.2) is 6.61 Å². The molecule has 0 spiro atoms. The van der Waals surface area contributed by atoms with E-state index in [0.717, 1.165) is 28.6 Å². The van der Waals surface area contributed by atoms with Crippen LogP contribution in [0.4, 0.5) is 10.1 Å². The summed E-state index contributed by atoms with van der Waals surface area (Å²) in [5.41, 5.74) is 2.61. The van der Waals surface area contributed by atoms with E-state index in [4.69, 9.17) is 9.15 Å². The zero-order chi connectivity index (χ0) is 19.2. The van der Waals surface area contributed by atoms with Crippen molar-refractivity contribution in [3.05, 3.63) is 65.3 Å². The Labute approximate surface area is 160 Å². The molecule has 8 heteroatoms. The molecule has 0 aliphatic heterocycles. The highest BCUT2D eigenvalue weighted by Crippen LogP contribution is 2.20. The summed E-state index contributed by atoms with van der Waals surface area (Å²) in [5, 5.41) is 10.7. The second kappa shape index (κ2) is 8.68. The van der Waals surface area contributed by atoms with Gasteiger partial charge in [0.25, 0.3) is 11.1 Å². The highest BCUT2D eigenvalue weighted by Gasteiger charge is 2.11. The summed E-state index contributed by atoms with van der Waals surface area (Å²) < 4.78 is 24.2. The Morgan fingerprint density at radius 1 is 1.19 bits per heavy atom. The third-order valence-corrected chi connectivity index (χ3v) is 4.26. The standard InChI is InChI=1S/C19H18FN3O3S/c1-12-6-13(2)8-16(7-12)25-10-18-22-23-19(26-18)27-11-17(24)21-15-5-3-4-14(20)9-15/h3-9H,10-11H2,1-2H3,(H,21,24). The van der Waals surface area contributed by atoms with Gasteiger partial charge in [-0.15, -0.1) is 10.2 Å². The molecule has 0 radical (unpaired) electrons. The van der Waals surface area contributed by atoms with Gasteiger partial charge in [-0.2, -0.15) is 0 Å². The minimum Gasteiger partial charge on any atom is -0.484 e. The summed E-state index contributed by atoms with van der Waals surface area (Å²) >= 11 is 1.10. The summed E-state index contributed by atoms with van der Waals surface area (Å²) in [4.78, 5) is 11.9. The molecule has 1 aromatic heterocycles. The molecule has 3 aromatic rings. The van der Waals surface area contributed by atoms with Crippen LogP contribution in [0.25, 0.3) is 0 Å². The van der Waals surface area contributed by atoms with Crippen LogP contribution >= 0.6 is 11.8 Å². The van der Waals surface area contributed by atoms with E-state index in [1.54, 1.807) is 6.07 Å². The molecule has 0 fully saturated rings. The summed E-state index contributed by atoms with van der Waals surface area (Å²) in [6.07, 6.45) is 0. The van der Waals surface area contributed by atoms with Crippen molar-refractivity contribution in [1.29, 1.82) is 0 Å². The molecule has 3 rings (SSSR count). The maximum atomic E-state index is 13.1. The smallest absolute Gasteiger partial charge is 0.277 e. The van der Waals surface area contributed by atoms with Crippen molar-refractivity contribution in [2.75, 3.05) is 11.1 Å². The van der Waals surface area contributed by atoms with Crippen LogP contribution in [0.3, 0.4) is 0 Å². The monoisotopic (exact) mass is 387 g/mol. The topological polar surface area (TPSA) is 77.2 Å². The van der Waals surface area contributed by atoms with E-state index in [0.29, 0.717) is 11.6 Å². The molecule has 0 aliphatic rings. The first-order valence-electron chi connectivity index (χ1n) is 8.19. The number of halogens is 1. The highest BCUT2D eigenvalue weighted by atomic mass is 32.2. The van der Waals surface area contributed by atoms with Crippen molar-refractivity contribution >= 4 is 23.4 Å². The molecule has 6 nitrogen and oxygen atoms in total. The number of ether oxygens (including phenoxy) is 1. The Bertz CT molecular complexity index is 925. The number of carbonyl (C=O) groups excluding carboxylic acids is 1. The molecule has 0 bridgehead atoms. The second-order valence-corrected chi connectivity index (χ2v) is 6.85. The molecule has 0 saturated carbocycles. The number of anilines is 1. The number of nitrogens with one attached hydrogen (secondary N) is 1. The van der Waals surface area contributed by atoms with E-state index in [1.807, 2.05) is 26.0 Å². The zero-order valence-corrected chi connectivity index (χ0v) is 15.7. The van der Waals surface area contributed by atoms with Gasteiger partial charge in [-0.3, -0.25) is 4.79 Å². The van der Waals surface area contributed by atoms with Crippen molar-refractivity contribution < 1.29 is 18.3 Å². The lowest BCUT2D eigenvalue weighted by Crippen LogP contribution is -2.14. The minimum atomic E-state index is -0.411. The van der Waals surface area contributed by atoms with Crippen LogP contribution in [0, 0.1) is 19.7 Å². The normalized spacial score (nSPS) is 10.6. The van der Waals surface area contributed by atoms with Gasteiger partial charge in [-0.1, -0.05) is 23.9 Å². The Morgan fingerprint density at radius 2 is 1.96 bits per heavy atom. The number of benzene rings is 2. The Balaban J connectivity index is 1.48. The molecular formula is C19H18FN3O3S. The number of nitrogens with zero attached hydrogens (tertiary/aromatic N) is 2. The summed E-state index contributed by atoms with van der Waals surface area (Å²) in [7, 11) is 0. The largest absolute Gasteiger partial charge is 0.484 e. The van der Waals surface area contributed by atoms with E-state index in [9.17, 15) is 9.18 Å². The van der Waals surface area contributed by atoms with Crippen LogP contribution < -0.4 is 10.1 Å². The number of hydrogen-bond donors (Lipinski definition) is 1. The van der Waals surface area contributed by atoms with Crippen LogP contribution in [0.2, 0.25) is 0 Å². The van der Waals surface area contributed by atoms with Gasteiger partial charge < -0.3 is 14.5 Å². The number of thioether (sulfide) groups is 1. The van der Waals surface area contributed by atoms with Gasteiger partial charge in [0.05, 0.1) is 5.75 Å². The zero-order valence-electron chi connectivity index (χ0n) is 14.9. The number of rotatable bonds is 7. The van der Waals surface area contributed by atoms with Crippen molar-refractivity contribution in [3.63, 3.8) is 0 Å². The molecule has 140 valence electrons. The van der Waals surface area contributed by atoms with Crippen molar-refractivity contribution in [2.45, 2.75) is 25.7 Å². The van der Waals surface area contributed by atoms with Crippen LogP contribution in [-0.2, 0) is 11.4 Å². The van der Waals surface area contributed by atoms with Crippen molar-refractivity contribution in [3.8, 4) is 5.75 Å². The first-order chi connectivity index (χ1) is 13.0. The molecule has 0 atom stereocenters. The minimum absolute atomic E-state index is 0.0656. The van der Waals surface area contributed by atoms with Gasteiger partial charge in [0, 0.05) is 5.69 Å². The van der Waals surface area contributed by atoms with Gasteiger partial charge in [-0.05, 0) is 55.3 Å². The maximum Gasteiger partial charge on any atom is 0.277 e. The van der Waals surface area contributed by atoms with Crippen molar-refractivity contribution in [2.24, 2.45) is 0 Å². The number of carbonyl (C=O) groups is 1. The lowest BCUT2D eigenvalue weighted by atomic mass is 10.1. The van der Waals surface area contributed by atoms with Crippen LogP contribution in [0.15, 0.2) is 52.1 Å². The Kier molecular flexibility index (Phi) is 6.08. The number of hydrogen-bond acceptors (Lipinski definition) is 6. The number of aryl methyl sites for hydroxylation is 2. The fourth-order valence-corrected chi connectivity index (χ4v) is 2.99. The summed E-state index contributed by atoms with van der Waals surface area (Å²) in [6, 6.07) is 11.6. The van der Waals surface area contributed by atoms with Gasteiger partial charge in [0.1, 0.15) is 11.6 Å². The average Bonchev–Trinajstić information content (AvgIpc) is 3.05. The quantitative estimate of drug-likeness (QED) is 0.614. The maximum absolute atomic E-state index is 13.1. The first-order valence-corrected chi connectivity index (χ1v) is 9.18. The highest BCUT2D eigenvalue weighted by molar-refractivity contribution is 7.99. The molecule has 2 aromatic carbocycles. The van der Waals surface area contributed by atoms with E-state index in [-0.39, 0.29) is 23.5 Å². The molecule has 1 amide bonds. The average molecular weight is 387 g/mol. The van der Waals surface area contributed by atoms with Gasteiger partial charge >= 0.3 is 0 Å².